The second kappa shape index (κ2) is 8.45. The summed E-state index contributed by atoms with van der Waals surface area (Å²) in [5, 5.41) is 0.690. The predicted octanol–water partition coefficient (Wildman–Crippen LogP) is 4.48. The fourth-order valence-corrected chi connectivity index (χ4v) is 3.24. The molecule has 2 aromatic carbocycles. The highest BCUT2D eigenvalue weighted by Gasteiger charge is 2.18. The van der Waals surface area contributed by atoms with E-state index >= 15 is 0 Å². The van der Waals surface area contributed by atoms with Gasteiger partial charge in [0.2, 0.25) is 5.91 Å². The Hall–Kier alpha value is -2.20. The molecule has 4 nitrogen and oxygen atoms in total. The lowest BCUT2D eigenvalue weighted by atomic mass is 10.1. The van der Waals surface area contributed by atoms with Crippen molar-refractivity contribution in [1.82, 2.24) is 4.90 Å². The van der Waals surface area contributed by atoms with Crippen molar-refractivity contribution in [3.05, 3.63) is 58.6 Å². The molecule has 1 aliphatic heterocycles. The van der Waals surface area contributed by atoms with Crippen molar-refractivity contribution in [3.8, 4) is 11.5 Å². The molecular weight excluding hydrogens is 350 g/mol. The van der Waals surface area contributed by atoms with Gasteiger partial charge in [0.1, 0.15) is 13.2 Å². The Morgan fingerprint density at radius 1 is 1.08 bits per heavy atom. The Kier molecular flexibility index (Phi) is 6.04. The van der Waals surface area contributed by atoms with E-state index in [0.29, 0.717) is 37.6 Å². The molecule has 0 radical (unpaired) electrons. The fraction of sp³-hybridized carbons (Fsp3) is 0.381. The quantitative estimate of drug-likeness (QED) is 0.749. The molecule has 5 heteroatoms. The first-order valence-electron chi connectivity index (χ1n) is 8.95. The van der Waals surface area contributed by atoms with Crippen LogP contribution in [0.2, 0.25) is 5.02 Å². The number of fused-ring (bicyclic) bond motifs is 1. The third kappa shape index (κ3) is 4.70. The number of ether oxygens (including phenoxy) is 2. The van der Waals surface area contributed by atoms with Crippen molar-refractivity contribution >= 4 is 17.5 Å². The van der Waals surface area contributed by atoms with Crippen LogP contribution in [0, 0.1) is 0 Å². The Balaban J connectivity index is 1.63. The van der Waals surface area contributed by atoms with Gasteiger partial charge in [-0.05, 0) is 55.7 Å². The molecule has 0 bridgehead atoms. The van der Waals surface area contributed by atoms with Gasteiger partial charge in [0.25, 0.3) is 0 Å². The topological polar surface area (TPSA) is 38.8 Å². The van der Waals surface area contributed by atoms with Crippen molar-refractivity contribution in [2.24, 2.45) is 0 Å². The van der Waals surface area contributed by atoms with Crippen LogP contribution >= 0.6 is 11.6 Å². The molecular formula is C21H24ClNO3. The first-order chi connectivity index (χ1) is 12.5. The lowest BCUT2D eigenvalue weighted by Crippen LogP contribution is -2.36. The van der Waals surface area contributed by atoms with Crippen LogP contribution in [-0.2, 0) is 17.8 Å². The summed E-state index contributed by atoms with van der Waals surface area (Å²) in [7, 11) is 0. The number of carbonyl (C=O) groups is 1. The number of amides is 1. The van der Waals surface area contributed by atoms with Gasteiger partial charge in [0, 0.05) is 24.0 Å². The number of hydrogen-bond donors (Lipinski definition) is 0. The number of aryl methyl sites for hydroxylation is 1. The first kappa shape index (κ1) is 18.6. The molecule has 0 aromatic heterocycles. The summed E-state index contributed by atoms with van der Waals surface area (Å²) in [5.41, 5.74) is 2.12. The fourth-order valence-electron chi connectivity index (χ4n) is 3.03. The molecule has 0 saturated carbocycles. The van der Waals surface area contributed by atoms with E-state index in [0.717, 1.165) is 22.6 Å². The van der Waals surface area contributed by atoms with Gasteiger partial charge in [-0.15, -0.1) is 0 Å². The highest BCUT2D eigenvalue weighted by atomic mass is 35.5. The second-order valence-electron chi connectivity index (χ2n) is 6.72. The van der Waals surface area contributed by atoms with Gasteiger partial charge in [-0.2, -0.15) is 0 Å². The zero-order chi connectivity index (χ0) is 18.5. The lowest BCUT2D eigenvalue weighted by molar-refractivity contribution is -0.133. The number of hydrogen-bond acceptors (Lipinski definition) is 3. The van der Waals surface area contributed by atoms with Crippen LogP contribution in [0.1, 0.15) is 31.4 Å². The van der Waals surface area contributed by atoms with Gasteiger partial charge in [0.15, 0.2) is 11.5 Å². The largest absolute Gasteiger partial charge is 0.486 e. The maximum Gasteiger partial charge on any atom is 0.223 e. The van der Waals surface area contributed by atoms with Gasteiger partial charge in [-0.25, -0.2) is 0 Å². The number of nitrogens with zero attached hydrogens (tertiary/aromatic N) is 1. The predicted molar refractivity (Wildman–Crippen MR) is 103 cm³/mol. The van der Waals surface area contributed by atoms with E-state index in [9.17, 15) is 4.79 Å². The summed E-state index contributed by atoms with van der Waals surface area (Å²) in [5.74, 6) is 1.67. The van der Waals surface area contributed by atoms with Crippen molar-refractivity contribution in [1.29, 1.82) is 0 Å². The Bertz CT molecular complexity index is 776. The molecule has 1 aliphatic rings. The van der Waals surface area contributed by atoms with Crippen LogP contribution in [0.15, 0.2) is 42.5 Å². The van der Waals surface area contributed by atoms with E-state index in [4.69, 9.17) is 21.1 Å². The zero-order valence-corrected chi connectivity index (χ0v) is 16.0. The molecule has 0 N–H and O–H groups in total. The number of rotatable bonds is 6. The Labute approximate surface area is 159 Å². The van der Waals surface area contributed by atoms with Gasteiger partial charge in [0.05, 0.1) is 0 Å². The molecule has 2 aromatic rings. The molecule has 0 fully saturated rings. The minimum Gasteiger partial charge on any atom is -0.486 e. The van der Waals surface area contributed by atoms with Crippen LogP contribution in [0.5, 0.6) is 11.5 Å². The first-order valence-corrected chi connectivity index (χ1v) is 9.33. The van der Waals surface area contributed by atoms with Gasteiger partial charge < -0.3 is 14.4 Å². The summed E-state index contributed by atoms with van der Waals surface area (Å²) in [4.78, 5) is 14.7. The number of carbonyl (C=O) groups excluding carboxylic acids is 1. The van der Waals surface area contributed by atoms with Crippen LogP contribution in [-0.4, -0.2) is 30.1 Å². The standard InChI is InChI=1S/C21H24ClNO3/c1-15(2)23(14-17-4-3-5-18(22)12-17)21(24)9-7-16-6-8-19-20(13-16)26-11-10-25-19/h3-6,8,12-13,15H,7,9-11,14H2,1-2H3. The summed E-state index contributed by atoms with van der Waals surface area (Å²) >= 11 is 6.06. The van der Waals surface area contributed by atoms with Gasteiger partial charge >= 0.3 is 0 Å². The highest BCUT2D eigenvalue weighted by molar-refractivity contribution is 6.30. The summed E-state index contributed by atoms with van der Waals surface area (Å²) < 4.78 is 11.2. The Morgan fingerprint density at radius 3 is 2.58 bits per heavy atom. The average molecular weight is 374 g/mol. The molecule has 138 valence electrons. The molecule has 26 heavy (non-hydrogen) atoms. The van der Waals surface area contributed by atoms with Gasteiger partial charge in [-0.1, -0.05) is 29.8 Å². The SMILES string of the molecule is CC(C)N(Cc1cccc(Cl)c1)C(=O)CCc1ccc2c(c1)OCCO2. The zero-order valence-electron chi connectivity index (χ0n) is 15.2. The molecule has 3 rings (SSSR count). The molecule has 1 heterocycles. The molecule has 0 unspecified atom stereocenters. The van der Waals surface area contributed by atoms with Crippen LogP contribution in [0.3, 0.4) is 0 Å². The van der Waals surface area contributed by atoms with Crippen LogP contribution in [0.4, 0.5) is 0 Å². The van der Waals surface area contributed by atoms with E-state index in [1.54, 1.807) is 0 Å². The van der Waals surface area contributed by atoms with Crippen molar-refractivity contribution in [3.63, 3.8) is 0 Å². The number of benzene rings is 2. The summed E-state index contributed by atoms with van der Waals surface area (Å²) in [6.45, 7) is 5.78. The third-order valence-corrected chi connectivity index (χ3v) is 4.65. The molecule has 0 spiro atoms. The van der Waals surface area contributed by atoms with E-state index in [2.05, 4.69) is 0 Å². The lowest BCUT2D eigenvalue weighted by Gasteiger charge is -2.27. The van der Waals surface area contributed by atoms with E-state index in [1.807, 2.05) is 61.2 Å². The molecule has 1 amide bonds. The maximum absolute atomic E-state index is 12.8. The monoisotopic (exact) mass is 373 g/mol. The molecule has 0 saturated heterocycles. The van der Waals surface area contributed by atoms with Gasteiger partial charge in [-0.3, -0.25) is 4.79 Å². The van der Waals surface area contributed by atoms with Crippen molar-refractivity contribution < 1.29 is 14.3 Å². The van der Waals surface area contributed by atoms with Crippen LogP contribution < -0.4 is 9.47 Å². The normalized spacial score (nSPS) is 12.9. The Morgan fingerprint density at radius 2 is 1.85 bits per heavy atom. The third-order valence-electron chi connectivity index (χ3n) is 4.42. The smallest absolute Gasteiger partial charge is 0.223 e. The highest BCUT2D eigenvalue weighted by Crippen LogP contribution is 2.31. The average Bonchev–Trinajstić information content (AvgIpc) is 2.64. The van der Waals surface area contributed by atoms with Crippen LogP contribution in [0.25, 0.3) is 0 Å². The van der Waals surface area contributed by atoms with E-state index in [1.165, 1.54) is 0 Å². The van der Waals surface area contributed by atoms with Crippen molar-refractivity contribution in [2.45, 2.75) is 39.3 Å². The van der Waals surface area contributed by atoms with Crippen molar-refractivity contribution in [2.75, 3.05) is 13.2 Å². The number of halogens is 1. The van der Waals surface area contributed by atoms with E-state index in [-0.39, 0.29) is 11.9 Å². The summed E-state index contributed by atoms with van der Waals surface area (Å²) in [6.07, 6.45) is 1.13. The maximum atomic E-state index is 12.8. The minimum atomic E-state index is 0.127. The minimum absolute atomic E-state index is 0.127. The molecule has 0 aliphatic carbocycles. The molecule has 0 atom stereocenters. The second-order valence-corrected chi connectivity index (χ2v) is 7.16. The summed E-state index contributed by atoms with van der Waals surface area (Å²) in [6, 6.07) is 13.7. The van der Waals surface area contributed by atoms with E-state index < -0.39 is 0 Å².